The largest absolute Gasteiger partial charge is 0.463 e. The molecular formula is C9H15NO4. The SMILES string of the molecule is C=CC(=O)NCCOCCOC(C)=O. The molecule has 0 heterocycles. The van der Waals surface area contributed by atoms with Gasteiger partial charge in [-0.2, -0.15) is 0 Å². The van der Waals surface area contributed by atoms with Crippen molar-refractivity contribution in [3.63, 3.8) is 0 Å². The summed E-state index contributed by atoms with van der Waals surface area (Å²) in [6.07, 6.45) is 1.19. The van der Waals surface area contributed by atoms with E-state index >= 15 is 0 Å². The Morgan fingerprint density at radius 1 is 1.36 bits per heavy atom. The van der Waals surface area contributed by atoms with Gasteiger partial charge in [0.2, 0.25) is 5.91 Å². The molecule has 0 atom stereocenters. The Hall–Kier alpha value is -1.36. The van der Waals surface area contributed by atoms with Crippen LogP contribution in [-0.4, -0.2) is 38.2 Å². The molecule has 0 rings (SSSR count). The Morgan fingerprint density at radius 2 is 2.07 bits per heavy atom. The molecule has 0 aromatic carbocycles. The molecule has 0 aliphatic heterocycles. The minimum Gasteiger partial charge on any atom is -0.463 e. The molecule has 5 nitrogen and oxygen atoms in total. The van der Waals surface area contributed by atoms with Crippen molar-refractivity contribution in [3.05, 3.63) is 12.7 Å². The van der Waals surface area contributed by atoms with Crippen LogP contribution in [0.15, 0.2) is 12.7 Å². The summed E-state index contributed by atoms with van der Waals surface area (Å²) >= 11 is 0. The van der Waals surface area contributed by atoms with Gasteiger partial charge in [0, 0.05) is 13.5 Å². The summed E-state index contributed by atoms with van der Waals surface area (Å²) in [6.45, 7) is 6.02. The van der Waals surface area contributed by atoms with E-state index in [1.165, 1.54) is 13.0 Å². The van der Waals surface area contributed by atoms with Crippen molar-refractivity contribution in [1.29, 1.82) is 0 Å². The lowest BCUT2D eigenvalue weighted by molar-refractivity contribution is -0.142. The first-order valence-electron chi connectivity index (χ1n) is 4.28. The van der Waals surface area contributed by atoms with E-state index in [-0.39, 0.29) is 18.5 Å². The summed E-state index contributed by atoms with van der Waals surface area (Å²) in [5, 5.41) is 2.54. The molecule has 0 unspecified atom stereocenters. The highest BCUT2D eigenvalue weighted by molar-refractivity contribution is 5.86. The van der Waals surface area contributed by atoms with E-state index in [0.717, 1.165) is 0 Å². The molecule has 0 aliphatic rings. The number of hydrogen-bond donors (Lipinski definition) is 1. The van der Waals surface area contributed by atoms with E-state index in [9.17, 15) is 9.59 Å². The van der Waals surface area contributed by atoms with Crippen molar-refractivity contribution >= 4 is 11.9 Å². The highest BCUT2D eigenvalue weighted by Crippen LogP contribution is 1.79. The molecule has 1 amide bonds. The number of nitrogens with one attached hydrogen (secondary N) is 1. The Balaban J connectivity index is 3.10. The Labute approximate surface area is 83.1 Å². The first-order chi connectivity index (χ1) is 6.66. The van der Waals surface area contributed by atoms with E-state index in [1.807, 2.05) is 0 Å². The third-order valence-electron chi connectivity index (χ3n) is 1.26. The van der Waals surface area contributed by atoms with E-state index < -0.39 is 0 Å². The lowest BCUT2D eigenvalue weighted by atomic mass is 10.5. The predicted octanol–water partition coefficient (Wildman–Crippen LogP) is -0.132. The van der Waals surface area contributed by atoms with E-state index in [0.29, 0.717) is 19.8 Å². The molecule has 0 fully saturated rings. The molecule has 0 bridgehead atoms. The summed E-state index contributed by atoms with van der Waals surface area (Å²) in [4.78, 5) is 21.0. The van der Waals surface area contributed by atoms with Crippen LogP contribution < -0.4 is 5.32 Å². The summed E-state index contributed by atoms with van der Waals surface area (Å²) in [6, 6.07) is 0. The lowest BCUT2D eigenvalue weighted by Gasteiger charge is -2.04. The summed E-state index contributed by atoms with van der Waals surface area (Å²) < 4.78 is 9.68. The Morgan fingerprint density at radius 3 is 2.64 bits per heavy atom. The second kappa shape index (κ2) is 8.25. The van der Waals surface area contributed by atoms with Gasteiger partial charge in [-0.3, -0.25) is 9.59 Å². The number of carbonyl (C=O) groups is 2. The molecule has 0 aliphatic carbocycles. The van der Waals surface area contributed by atoms with Gasteiger partial charge in [-0.25, -0.2) is 0 Å². The molecule has 0 aromatic heterocycles. The minimum atomic E-state index is -0.325. The number of ether oxygens (including phenoxy) is 2. The van der Waals surface area contributed by atoms with Crippen molar-refractivity contribution in [2.45, 2.75) is 6.92 Å². The maximum Gasteiger partial charge on any atom is 0.302 e. The smallest absolute Gasteiger partial charge is 0.302 e. The van der Waals surface area contributed by atoms with Gasteiger partial charge in [0.25, 0.3) is 0 Å². The zero-order valence-corrected chi connectivity index (χ0v) is 8.25. The molecule has 0 spiro atoms. The van der Waals surface area contributed by atoms with Crippen molar-refractivity contribution in [1.82, 2.24) is 5.32 Å². The number of hydrogen-bond acceptors (Lipinski definition) is 4. The molecule has 0 saturated carbocycles. The fraction of sp³-hybridized carbons (Fsp3) is 0.556. The average Bonchev–Trinajstić information content (AvgIpc) is 2.15. The fourth-order valence-corrected chi connectivity index (χ4v) is 0.665. The van der Waals surface area contributed by atoms with Crippen LogP contribution in [0.3, 0.4) is 0 Å². The van der Waals surface area contributed by atoms with Gasteiger partial charge in [-0.1, -0.05) is 6.58 Å². The fourth-order valence-electron chi connectivity index (χ4n) is 0.665. The highest BCUT2D eigenvalue weighted by atomic mass is 16.6. The van der Waals surface area contributed by atoms with Gasteiger partial charge >= 0.3 is 5.97 Å². The quantitative estimate of drug-likeness (QED) is 0.354. The molecule has 0 aromatic rings. The number of amides is 1. The lowest BCUT2D eigenvalue weighted by Crippen LogP contribution is -2.25. The topological polar surface area (TPSA) is 64.6 Å². The van der Waals surface area contributed by atoms with E-state index in [1.54, 1.807) is 0 Å². The van der Waals surface area contributed by atoms with Crippen LogP contribution in [0, 0.1) is 0 Å². The second-order valence-corrected chi connectivity index (χ2v) is 2.45. The van der Waals surface area contributed by atoms with Crippen molar-refractivity contribution < 1.29 is 19.1 Å². The molecular weight excluding hydrogens is 186 g/mol. The Kier molecular flexibility index (Phi) is 7.45. The van der Waals surface area contributed by atoms with E-state index in [4.69, 9.17) is 4.74 Å². The third kappa shape index (κ3) is 8.73. The first kappa shape index (κ1) is 12.6. The van der Waals surface area contributed by atoms with Gasteiger partial charge in [-0.15, -0.1) is 0 Å². The zero-order valence-electron chi connectivity index (χ0n) is 8.25. The van der Waals surface area contributed by atoms with Gasteiger partial charge in [-0.05, 0) is 6.08 Å². The number of rotatable bonds is 7. The highest BCUT2D eigenvalue weighted by Gasteiger charge is 1.94. The van der Waals surface area contributed by atoms with Gasteiger partial charge in [0.15, 0.2) is 0 Å². The maximum absolute atomic E-state index is 10.6. The van der Waals surface area contributed by atoms with Crippen LogP contribution in [0.2, 0.25) is 0 Å². The Bertz CT molecular complexity index is 203. The van der Waals surface area contributed by atoms with Gasteiger partial charge < -0.3 is 14.8 Å². The zero-order chi connectivity index (χ0) is 10.8. The first-order valence-corrected chi connectivity index (χ1v) is 4.28. The van der Waals surface area contributed by atoms with Gasteiger partial charge in [0.05, 0.1) is 13.2 Å². The molecule has 1 N–H and O–H groups in total. The standard InChI is InChI=1S/C9H15NO4/c1-3-9(12)10-4-5-13-6-7-14-8(2)11/h3H,1,4-7H2,2H3,(H,10,12). The molecule has 80 valence electrons. The van der Waals surface area contributed by atoms with Crippen molar-refractivity contribution in [2.75, 3.05) is 26.4 Å². The molecule has 5 heteroatoms. The summed E-state index contributed by atoms with van der Waals surface area (Å²) in [5.41, 5.74) is 0. The number of carbonyl (C=O) groups excluding carboxylic acids is 2. The number of esters is 1. The van der Waals surface area contributed by atoms with Gasteiger partial charge in [0.1, 0.15) is 6.61 Å². The van der Waals surface area contributed by atoms with Crippen molar-refractivity contribution in [3.8, 4) is 0 Å². The summed E-state index contributed by atoms with van der Waals surface area (Å²) in [5.74, 6) is -0.554. The monoisotopic (exact) mass is 201 g/mol. The molecule has 0 radical (unpaired) electrons. The normalized spacial score (nSPS) is 9.21. The van der Waals surface area contributed by atoms with Crippen LogP contribution in [0.25, 0.3) is 0 Å². The molecule has 14 heavy (non-hydrogen) atoms. The van der Waals surface area contributed by atoms with Crippen LogP contribution >= 0.6 is 0 Å². The minimum absolute atomic E-state index is 0.228. The van der Waals surface area contributed by atoms with Crippen molar-refractivity contribution in [2.24, 2.45) is 0 Å². The second-order valence-electron chi connectivity index (χ2n) is 2.45. The van der Waals surface area contributed by atoms with Crippen LogP contribution in [0.4, 0.5) is 0 Å². The predicted molar refractivity (Wildman–Crippen MR) is 50.7 cm³/mol. The van der Waals surface area contributed by atoms with Crippen LogP contribution in [0.5, 0.6) is 0 Å². The molecule has 0 saturated heterocycles. The maximum atomic E-state index is 10.6. The van der Waals surface area contributed by atoms with E-state index in [2.05, 4.69) is 16.6 Å². The third-order valence-corrected chi connectivity index (χ3v) is 1.26. The van der Waals surface area contributed by atoms with Crippen LogP contribution in [0.1, 0.15) is 6.92 Å². The van der Waals surface area contributed by atoms with Crippen LogP contribution in [-0.2, 0) is 19.1 Å². The summed E-state index contributed by atoms with van der Waals surface area (Å²) in [7, 11) is 0. The average molecular weight is 201 g/mol.